The molecule has 0 saturated carbocycles. The summed E-state index contributed by atoms with van der Waals surface area (Å²) >= 11 is 0. The molecule has 0 saturated heterocycles. The van der Waals surface area contributed by atoms with Crippen molar-refractivity contribution in [2.75, 3.05) is 13.2 Å². The molecule has 0 aromatic rings. The van der Waals surface area contributed by atoms with E-state index in [0.717, 1.165) is 51.4 Å². The smallest absolute Gasteiger partial charge is 0.305 e. The molecular weight excluding hydrogens is 743 g/mol. The van der Waals surface area contributed by atoms with E-state index in [4.69, 9.17) is 4.74 Å². The number of hydrogen-bond donors (Lipinski definition) is 3. The second-order valence-electron chi connectivity index (χ2n) is 18.6. The number of esters is 1. The minimum atomic E-state index is -0.669. The highest BCUT2D eigenvalue weighted by Crippen LogP contribution is 2.17. The van der Waals surface area contributed by atoms with E-state index in [0.29, 0.717) is 25.9 Å². The minimum absolute atomic E-state index is 0.00523. The highest BCUT2D eigenvalue weighted by molar-refractivity contribution is 5.76. The fraction of sp³-hybridized carbons (Fsp3) is 0.926. The van der Waals surface area contributed by atoms with Crippen LogP contribution in [0.25, 0.3) is 0 Å². The number of hydrogen-bond acceptors (Lipinski definition) is 5. The molecular formula is C54H105NO5. The number of allylic oxidation sites excluding steroid dienone is 2. The van der Waals surface area contributed by atoms with Gasteiger partial charge in [0.05, 0.1) is 25.4 Å². The number of aliphatic hydroxyl groups is 2. The van der Waals surface area contributed by atoms with Crippen LogP contribution in [0.3, 0.4) is 0 Å². The molecule has 1 amide bonds. The van der Waals surface area contributed by atoms with Crippen molar-refractivity contribution >= 4 is 11.9 Å². The summed E-state index contributed by atoms with van der Waals surface area (Å²) < 4.78 is 5.47. The van der Waals surface area contributed by atoms with Gasteiger partial charge in [0.2, 0.25) is 5.91 Å². The van der Waals surface area contributed by atoms with Crippen LogP contribution < -0.4 is 5.32 Å². The van der Waals surface area contributed by atoms with Crippen molar-refractivity contribution < 1.29 is 24.5 Å². The highest BCUT2D eigenvalue weighted by Gasteiger charge is 2.20. The first-order valence-electron chi connectivity index (χ1n) is 26.9. The van der Waals surface area contributed by atoms with Gasteiger partial charge in [-0.25, -0.2) is 0 Å². The molecule has 0 heterocycles. The van der Waals surface area contributed by atoms with Crippen molar-refractivity contribution in [1.82, 2.24) is 5.32 Å². The first-order valence-corrected chi connectivity index (χ1v) is 26.9. The average molecular weight is 848 g/mol. The normalized spacial score (nSPS) is 12.7. The van der Waals surface area contributed by atoms with Gasteiger partial charge in [-0.05, 0) is 51.4 Å². The summed E-state index contributed by atoms with van der Waals surface area (Å²) in [6.45, 7) is 4.93. The van der Waals surface area contributed by atoms with Gasteiger partial charge in [-0.15, -0.1) is 0 Å². The zero-order chi connectivity index (χ0) is 43.7. The molecule has 60 heavy (non-hydrogen) atoms. The third-order valence-electron chi connectivity index (χ3n) is 12.6. The van der Waals surface area contributed by atoms with Crippen molar-refractivity contribution in [3.8, 4) is 0 Å². The van der Waals surface area contributed by atoms with Crippen molar-refractivity contribution in [3.05, 3.63) is 12.2 Å². The number of amides is 1. The number of carbonyl (C=O) groups excluding carboxylic acids is 2. The van der Waals surface area contributed by atoms with E-state index >= 15 is 0 Å². The van der Waals surface area contributed by atoms with E-state index < -0.39 is 12.1 Å². The van der Waals surface area contributed by atoms with Gasteiger partial charge >= 0.3 is 5.97 Å². The summed E-state index contributed by atoms with van der Waals surface area (Å²) in [5, 5.41) is 23.2. The summed E-state index contributed by atoms with van der Waals surface area (Å²) in [6, 6.07) is -0.548. The van der Waals surface area contributed by atoms with Gasteiger partial charge in [-0.1, -0.05) is 244 Å². The average Bonchev–Trinajstić information content (AvgIpc) is 3.25. The van der Waals surface area contributed by atoms with Crippen LogP contribution in [0.4, 0.5) is 0 Å². The van der Waals surface area contributed by atoms with Gasteiger partial charge < -0.3 is 20.3 Å². The summed E-state index contributed by atoms with van der Waals surface area (Å²) in [5.74, 6) is -0.0506. The van der Waals surface area contributed by atoms with Crippen LogP contribution in [0.15, 0.2) is 12.2 Å². The molecule has 0 fully saturated rings. The Balaban J connectivity index is 3.41. The van der Waals surface area contributed by atoms with Crippen molar-refractivity contribution in [1.29, 1.82) is 0 Å². The van der Waals surface area contributed by atoms with Crippen LogP contribution in [0.1, 0.15) is 296 Å². The Kier molecular flexibility index (Phi) is 49.1. The number of aliphatic hydroxyl groups excluding tert-OH is 2. The van der Waals surface area contributed by atoms with Gasteiger partial charge in [0.1, 0.15) is 0 Å². The van der Waals surface area contributed by atoms with E-state index in [1.165, 1.54) is 212 Å². The van der Waals surface area contributed by atoms with E-state index in [2.05, 4.69) is 31.3 Å². The molecule has 0 aliphatic heterocycles. The predicted octanol–water partition coefficient (Wildman–Crippen LogP) is 16.1. The summed E-state index contributed by atoms with van der Waals surface area (Å²) in [6.07, 6.45) is 57.5. The Bertz CT molecular complexity index is 893. The van der Waals surface area contributed by atoms with E-state index in [1.54, 1.807) is 0 Å². The van der Waals surface area contributed by atoms with E-state index in [1.807, 2.05) is 0 Å². The number of unbranched alkanes of at least 4 members (excludes halogenated alkanes) is 37. The molecule has 0 aliphatic rings. The first kappa shape index (κ1) is 58.6. The van der Waals surface area contributed by atoms with Crippen molar-refractivity contribution in [2.24, 2.45) is 0 Å². The summed E-state index contributed by atoms with van der Waals surface area (Å²) in [4.78, 5) is 24.5. The monoisotopic (exact) mass is 848 g/mol. The van der Waals surface area contributed by atoms with Crippen LogP contribution >= 0.6 is 0 Å². The maximum atomic E-state index is 12.4. The number of rotatable bonds is 50. The van der Waals surface area contributed by atoms with Crippen LogP contribution in [-0.4, -0.2) is 47.4 Å². The molecule has 2 atom stereocenters. The maximum absolute atomic E-state index is 12.4. The van der Waals surface area contributed by atoms with Crippen molar-refractivity contribution in [3.63, 3.8) is 0 Å². The lowest BCUT2D eigenvalue weighted by Crippen LogP contribution is -2.45. The molecule has 3 N–H and O–H groups in total. The molecule has 0 spiro atoms. The van der Waals surface area contributed by atoms with Crippen LogP contribution in [0.5, 0.6) is 0 Å². The molecule has 0 bridgehead atoms. The molecule has 6 heteroatoms. The molecule has 2 unspecified atom stereocenters. The summed E-state index contributed by atoms with van der Waals surface area (Å²) in [7, 11) is 0. The topological polar surface area (TPSA) is 95.9 Å². The lowest BCUT2D eigenvalue weighted by molar-refractivity contribution is -0.143. The molecule has 0 aromatic carbocycles. The third-order valence-corrected chi connectivity index (χ3v) is 12.6. The SMILES string of the molecule is CCCCCCCC/C=C\CCCCCCCCCC(=O)OCCCCCCCCCCCCCCCCC(=O)NC(CO)C(O)CCCCCCCCCCCCCC. The molecule has 6 nitrogen and oxygen atoms in total. The van der Waals surface area contributed by atoms with Gasteiger partial charge in [0.15, 0.2) is 0 Å². The van der Waals surface area contributed by atoms with Gasteiger partial charge in [0, 0.05) is 12.8 Å². The lowest BCUT2D eigenvalue weighted by atomic mass is 10.0. The second-order valence-corrected chi connectivity index (χ2v) is 18.6. The zero-order valence-electron chi connectivity index (χ0n) is 40.5. The molecule has 0 aliphatic carbocycles. The molecule has 356 valence electrons. The number of carbonyl (C=O) groups is 2. The summed E-state index contributed by atoms with van der Waals surface area (Å²) in [5.41, 5.74) is 0. The van der Waals surface area contributed by atoms with E-state index in [-0.39, 0.29) is 18.5 Å². The standard InChI is InChI=1S/C54H105NO5/c1-3-5-7-9-11-13-15-17-18-19-20-24-28-32-36-40-44-48-54(59)60-49-45-41-37-33-29-25-22-21-23-27-31-35-39-43-47-53(58)55-51(50-56)52(57)46-42-38-34-30-26-16-14-12-10-8-6-4-2/h17-18,51-52,56-57H,3-16,19-50H2,1-2H3,(H,55,58)/b18-17-. The molecule has 0 radical (unpaired) electrons. The Labute approximate surface area is 374 Å². The molecule has 0 rings (SSSR count). The fourth-order valence-electron chi connectivity index (χ4n) is 8.40. The van der Waals surface area contributed by atoms with Gasteiger partial charge in [-0.2, -0.15) is 0 Å². The second kappa shape index (κ2) is 50.2. The molecule has 0 aromatic heterocycles. The zero-order valence-corrected chi connectivity index (χ0v) is 40.5. The maximum Gasteiger partial charge on any atom is 0.305 e. The van der Waals surface area contributed by atoms with Crippen molar-refractivity contribution in [2.45, 2.75) is 309 Å². The first-order chi connectivity index (χ1) is 29.5. The number of nitrogens with one attached hydrogen (secondary N) is 1. The Morgan fingerprint density at radius 3 is 1.18 bits per heavy atom. The third kappa shape index (κ3) is 46.1. The minimum Gasteiger partial charge on any atom is -0.466 e. The Hall–Kier alpha value is -1.40. The quantitative estimate of drug-likeness (QED) is 0.0322. The highest BCUT2D eigenvalue weighted by atomic mass is 16.5. The van der Waals surface area contributed by atoms with Gasteiger partial charge in [-0.3, -0.25) is 9.59 Å². The fourth-order valence-corrected chi connectivity index (χ4v) is 8.40. The lowest BCUT2D eigenvalue weighted by Gasteiger charge is -2.22. The van der Waals surface area contributed by atoms with Crippen LogP contribution in [0.2, 0.25) is 0 Å². The Morgan fingerprint density at radius 1 is 0.450 bits per heavy atom. The predicted molar refractivity (Wildman–Crippen MR) is 260 cm³/mol. The van der Waals surface area contributed by atoms with Crippen LogP contribution in [-0.2, 0) is 14.3 Å². The van der Waals surface area contributed by atoms with Gasteiger partial charge in [0.25, 0.3) is 0 Å². The van der Waals surface area contributed by atoms with Crippen LogP contribution in [0, 0.1) is 0 Å². The number of ether oxygens (including phenoxy) is 1. The van der Waals surface area contributed by atoms with E-state index in [9.17, 15) is 19.8 Å². The Morgan fingerprint density at radius 2 is 0.783 bits per heavy atom. The largest absolute Gasteiger partial charge is 0.466 e.